The molecule has 0 radical (unpaired) electrons. The predicted octanol–water partition coefficient (Wildman–Crippen LogP) is 3.64. The molecule has 33 heavy (non-hydrogen) atoms. The van der Waals surface area contributed by atoms with Crippen LogP contribution in [0, 0.1) is 0 Å². The SMILES string of the molecule is C=CCOc1ccc(/C=N\N2C(=O)CN(C)[C@H]2c2ccc(OCC=C)c(OC)c2)cc1OC. The van der Waals surface area contributed by atoms with Crippen LogP contribution in [0.15, 0.2) is 66.8 Å². The number of amides is 1. The average molecular weight is 452 g/mol. The Balaban J connectivity index is 1.86. The van der Waals surface area contributed by atoms with Crippen molar-refractivity contribution in [3.05, 3.63) is 72.8 Å². The van der Waals surface area contributed by atoms with Gasteiger partial charge in [-0.25, -0.2) is 5.01 Å². The number of likely N-dealkylation sites (N-methyl/N-ethyl adjacent to an activating group) is 1. The second-order valence-electron chi connectivity index (χ2n) is 7.29. The summed E-state index contributed by atoms with van der Waals surface area (Å²) in [6.07, 6.45) is 4.58. The summed E-state index contributed by atoms with van der Waals surface area (Å²) in [6, 6.07) is 11.0. The van der Waals surface area contributed by atoms with E-state index in [-0.39, 0.29) is 18.6 Å². The first-order valence-electron chi connectivity index (χ1n) is 10.4. The van der Waals surface area contributed by atoms with E-state index >= 15 is 0 Å². The van der Waals surface area contributed by atoms with Crippen LogP contribution in [0.4, 0.5) is 0 Å². The summed E-state index contributed by atoms with van der Waals surface area (Å²) in [5.74, 6) is 2.25. The van der Waals surface area contributed by atoms with Crippen molar-refractivity contribution in [2.45, 2.75) is 6.17 Å². The normalized spacial score (nSPS) is 16.2. The van der Waals surface area contributed by atoms with Crippen molar-refractivity contribution in [1.82, 2.24) is 9.91 Å². The van der Waals surface area contributed by atoms with Gasteiger partial charge in [0.15, 0.2) is 23.0 Å². The molecule has 3 rings (SSSR count). The van der Waals surface area contributed by atoms with E-state index in [1.165, 1.54) is 5.01 Å². The van der Waals surface area contributed by atoms with E-state index < -0.39 is 0 Å². The standard InChI is InChI=1S/C25H29N3O5/c1-6-12-32-20-10-8-18(14-22(20)30-4)16-26-28-24(29)17-27(3)25(28)19-9-11-21(33-13-7-2)23(15-19)31-5/h6-11,14-16,25H,1-2,12-13,17H2,3-5H3/b26-16-/t25-/m1/s1. The largest absolute Gasteiger partial charge is 0.493 e. The summed E-state index contributed by atoms with van der Waals surface area (Å²) in [6.45, 7) is 8.30. The summed E-state index contributed by atoms with van der Waals surface area (Å²) < 4.78 is 22.1. The van der Waals surface area contributed by atoms with Gasteiger partial charge in [0.2, 0.25) is 0 Å². The Morgan fingerprint density at radius 3 is 2.18 bits per heavy atom. The van der Waals surface area contributed by atoms with Gasteiger partial charge >= 0.3 is 0 Å². The highest BCUT2D eigenvalue weighted by atomic mass is 16.5. The summed E-state index contributed by atoms with van der Waals surface area (Å²) >= 11 is 0. The van der Waals surface area contributed by atoms with Gasteiger partial charge in [-0.2, -0.15) is 5.10 Å². The van der Waals surface area contributed by atoms with Gasteiger partial charge in [-0.1, -0.05) is 31.4 Å². The Morgan fingerprint density at radius 2 is 1.58 bits per heavy atom. The van der Waals surface area contributed by atoms with Gasteiger partial charge in [0.25, 0.3) is 5.91 Å². The number of nitrogens with zero attached hydrogens (tertiary/aromatic N) is 3. The second-order valence-corrected chi connectivity index (χ2v) is 7.29. The first-order valence-corrected chi connectivity index (χ1v) is 10.4. The number of carbonyl (C=O) groups excluding carboxylic acids is 1. The van der Waals surface area contributed by atoms with Gasteiger partial charge in [-0.05, 0) is 48.5 Å². The molecule has 2 aromatic carbocycles. The molecule has 1 fully saturated rings. The first-order chi connectivity index (χ1) is 16.0. The number of methoxy groups -OCH3 is 2. The molecule has 174 valence electrons. The number of hydrazone groups is 1. The minimum Gasteiger partial charge on any atom is -0.493 e. The second kappa shape index (κ2) is 11.2. The number of hydrogen-bond acceptors (Lipinski definition) is 7. The zero-order chi connectivity index (χ0) is 23.8. The van der Waals surface area contributed by atoms with Gasteiger partial charge in [-0.3, -0.25) is 9.69 Å². The third kappa shape index (κ3) is 5.53. The molecule has 0 N–H and O–H groups in total. The molecule has 0 saturated carbocycles. The first kappa shape index (κ1) is 23.9. The van der Waals surface area contributed by atoms with Crippen molar-refractivity contribution in [1.29, 1.82) is 0 Å². The van der Waals surface area contributed by atoms with Crippen molar-refractivity contribution in [2.24, 2.45) is 5.10 Å². The molecule has 0 unspecified atom stereocenters. The maximum Gasteiger partial charge on any atom is 0.258 e. The van der Waals surface area contributed by atoms with Crippen molar-refractivity contribution < 1.29 is 23.7 Å². The van der Waals surface area contributed by atoms with E-state index in [0.29, 0.717) is 36.2 Å². The minimum absolute atomic E-state index is 0.109. The van der Waals surface area contributed by atoms with Crippen LogP contribution in [0.1, 0.15) is 17.3 Å². The Kier molecular flexibility index (Phi) is 8.10. The van der Waals surface area contributed by atoms with Crippen LogP contribution < -0.4 is 18.9 Å². The topological polar surface area (TPSA) is 72.8 Å². The van der Waals surface area contributed by atoms with E-state index in [9.17, 15) is 4.79 Å². The molecule has 1 aliphatic rings. The lowest BCUT2D eigenvalue weighted by Gasteiger charge is -2.25. The highest BCUT2D eigenvalue weighted by Crippen LogP contribution is 2.36. The van der Waals surface area contributed by atoms with Gasteiger partial charge < -0.3 is 18.9 Å². The van der Waals surface area contributed by atoms with Gasteiger partial charge in [-0.15, -0.1) is 0 Å². The highest BCUT2D eigenvalue weighted by molar-refractivity contribution is 5.85. The van der Waals surface area contributed by atoms with Crippen LogP contribution in [0.25, 0.3) is 0 Å². The molecule has 0 aliphatic carbocycles. The van der Waals surface area contributed by atoms with Crippen LogP contribution in [0.5, 0.6) is 23.0 Å². The lowest BCUT2D eigenvalue weighted by atomic mass is 10.1. The molecule has 0 bridgehead atoms. The molecular weight excluding hydrogens is 422 g/mol. The Bertz CT molecular complexity index is 1040. The lowest BCUT2D eigenvalue weighted by molar-refractivity contribution is -0.128. The Labute approximate surface area is 194 Å². The van der Waals surface area contributed by atoms with E-state index in [1.807, 2.05) is 36.2 Å². The lowest BCUT2D eigenvalue weighted by Crippen LogP contribution is -2.26. The zero-order valence-electron chi connectivity index (χ0n) is 19.2. The third-order valence-corrected chi connectivity index (χ3v) is 5.01. The number of benzene rings is 2. The monoisotopic (exact) mass is 451 g/mol. The average Bonchev–Trinajstić information content (AvgIpc) is 3.12. The molecule has 1 atom stereocenters. The summed E-state index contributed by atoms with van der Waals surface area (Å²) in [7, 11) is 5.03. The number of carbonyl (C=O) groups is 1. The van der Waals surface area contributed by atoms with Crippen molar-refractivity contribution in [2.75, 3.05) is 41.0 Å². The minimum atomic E-state index is -0.381. The summed E-state index contributed by atoms with van der Waals surface area (Å²) in [4.78, 5) is 14.6. The van der Waals surface area contributed by atoms with Gasteiger partial charge in [0.1, 0.15) is 19.4 Å². The zero-order valence-corrected chi connectivity index (χ0v) is 19.2. The predicted molar refractivity (Wildman–Crippen MR) is 127 cm³/mol. The molecule has 2 aromatic rings. The molecule has 0 aromatic heterocycles. The molecular formula is C25H29N3O5. The molecule has 1 amide bonds. The van der Waals surface area contributed by atoms with Crippen LogP contribution >= 0.6 is 0 Å². The Hall–Kier alpha value is -3.78. The van der Waals surface area contributed by atoms with Crippen molar-refractivity contribution >= 4 is 12.1 Å². The van der Waals surface area contributed by atoms with Crippen molar-refractivity contribution in [3.63, 3.8) is 0 Å². The van der Waals surface area contributed by atoms with Crippen LogP contribution in [-0.2, 0) is 4.79 Å². The van der Waals surface area contributed by atoms with E-state index in [1.54, 1.807) is 44.7 Å². The van der Waals surface area contributed by atoms with Crippen LogP contribution in [0.3, 0.4) is 0 Å². The summed E-state index contributed by atoms with van der Waals surface area (Å²) in [5, 5.41) is 5.96. The molecule has 1 saturated heterocycles. The third-order valence-electron chi connectivity index (χ3n) is 5.01. The van der Waals surface area contributed by atoms with Gasteiger partial charge in [0.05, 0.1) is 27.0 Å². The molecule has 0 spiro atoms. The van der Waals surface area contributed by atoms with E-state index in [4.69, 9.17) is 18.9 Å². The summed E-state index contributed by atoms with van der Waals surface area (Å²) in [5.41, 5.74) is 1.62. The smallest absolute Gasteiger partial charge is 0.258 e. The highest BCUT2D eigenvalue weighted by Gasteiger charge is 2.37. The van der Waals surface area contributed by atoms with E-state index in [0.717, 1.165) is 11.1 Å². The van der Waals surface area contributed by atoms with E-state index in [2.05, 4.69) is 18.3 Å². The fourth-order valence-corrected chi connectivity index (χ4v) is 3.49. The maximum absolute atomic E-state index is 12.7. The van der Waals surface area contributed by atoms with Gasteiger partial charge in [0, 0.05) is 0 Å². The van der Waals surface area contributed by atoms with Crippen LogP contribution in [-0.4, -0.2) is 63.1 Å². The fraction of sp³-hybridized carbons (Fsp3) is 0.280. The van der Waals surface area contributed by atoms with Crippen LogP contribution in [0.2, 0.25) is 0 Å². The number of ether oxygens (including phenoxy) is 4. The number of rotatable bonds is 11. The molecule has 8 heteroatoms. The fourth-order valence-electron chi connectivity index (χ4n) is 3.49. The molecule has 1 aliphatic heterocycles. The van der Waals surface area contributed by atoms with Crippen molar-refractivity contribution in [3.8, 4) is 23.0 Å². The molecule has 8 nitrogen and oxygen atoms in total. The quantitative estimate of drug-likeness (QED) is 0.384. The Morgan fingerprint density at radius 1 is 0.970 bits per heavy atom. The number of hydrogen-bond donors (Lipinski definition) is 0. The maximum atomic E-state index is 12.7. The molecule has 1 heterocycles.